The summed E-state index contributed by atoms with van der Waals surface area (Å²) in [4.78, 5) is 0. The Kier molecular flexibility index (Phi) is 7.51. The lowest BCUT2D eigenvalue weighted by Gasteiger charge is -2.19. The third-order valence-corrected chi connectivity index (χ3v) is 2.51. The Morgan fingerprint density at radius 1 is 1.25 bits per heavy atom. The van der Waals surface area contributed by atoms with Crippen LogP contribution in [0.2, 0.25) is 0 Å². The summed E-state index contributed by atoms with van der Waals surface area (Å²) < 4.78 is 5.02. The molecule has 0 bridgehead atoms. The molecule has 0 rings (SSSR count). The van der Waals surface area contributed by atoms with Crippen LogP contribution in [-0.2, 0) is 4.74 Å². The highest BCUT2D eigenvalue weighted by molar-refractivity contribution is 4.63. The molecule has 74 valence electrons. The van der Waals surface area contributed by atoms with Gasteiger partial charge in [0.15, 0.2) is 0 Å². The Morgan fingerprint density at radius 3 is 2.42 bits per heavy atom. The van der Waals surface area contributed by atoms with E-state index in [-0.39, 0.29) is 0 Å². The van der Waals surface area contributed by atoms with Crippen molar-refractivity contribution in [2.75, 3.05) is 27.3 Å². The van der Waals surface area contributed by atoms with E-state index in [1.54, 1.807) is 7.11 Å². The van der Waals surface area contributed by atoms with Crippen LogP contribution in [-0.4, -0.2) is 27.3 Å². The van der Waals surface area contributed by atoms with Crippen molar-refractivity contribution in [3.63, 3.8) is 0 Å². The third kappa shape index (κ3) is 5.56. The quantitative estimate of drug-likeness (QED) is 0.594. The summed E-state index contributed by atoms with van der Waals surface area (Å²) >= 11 is 0. The van der Waals surface area contributed by atoms with E-state index >= 15 is 0 Å². The van der Waals surface area contributed by atoms with E-state index < -0.39 is 0 Å². The van der Waals surface area contributed by atoms with Crippen LogP contribution in [0.4, 0.5) is 0 Å². The molecule has 2 heteroatoms. The first-order valence-electron chi connectivity index (χ1n) is 4.86. The molecule has 0 aromatic heterocycles. The van der Waals surface area contributed by atoms with Crippen LogP contribution in [0.3, 0.4) is 0 Å². The third-order valence-electron chi connectivity index (χ3n) is 2.51. The van der Waals surface area contributed by atoms with Crippen molar-refractivity contribution in [3.05, 3.63) is 0 Å². The van der Waals surface area contributed by atoms with Gasteiger partial charge in [-0.3, -0.25) is 0 Å². The number of hydrogen-bond donors (Lipinski definition) is 1. The predicted molar refractivity (Wildman–Crippen MR) is 53.4 cm³/mol. The van der Waals surface area contributed by atoms with Crippen molar-refractivity contribution in [2.45, 2.75) is 26.7 Å². The highest BCUT2D eigenvalue weighted by Crippen LogP contribution is 2.15. The summed E-state index contributed by atoms with van der Waals surface area (Å²) in [5.41, 5.74) is 0. The molecule has 0 aromatic carbocycles. The molecule has 0 aliphatic rings. The Balaban J connectivity index is 3.35. The standard InChI is InChI=1S/C10H23NO/c1-9(6-5-7-12-4)10(2)8-11-3/h9-11H,5-8H2,1-4H3. The Labute approximate surface area is 76.7 Å². The average molecular weight is 173 g/mol. The van der Waals surface area contributed by atoms with Crippen LogP contribution >= 0.6 is 0 Å². The molecule has 0 aliphatic carbocycles. The van der Waals surface area contributed by atoms with E-state index in [1.807, 2.05) is 7.05 Å². The first kappa shape index (κ1) is 11.9. The van der Waals surface area contributed by atoms with E-state index in [0.717, 1.165) is 25.0 Å². The second-order valence-corrected chi connectivity index (χ2v) is 3.65. The Hall–Kier alpha value is -0.0800. The van der Waals surface area contributed by atoms with Gasteiger partial charge in [0.2, 0.25) is 0 Å². The molecule has 1 N–H and O–H groups in total. The van der Waals surface area contributed by atoms with Gasteiger partial charge in [-0.1, -0.05) is 13.8 Å². The minimum absolute atomic E-state index is 0.770. The highest BCUT2D eigenvalue weighted by atomic mass is 16.5. The van der Waals surface area contributed by atoms with E-state index in [2.05, 4.69) is 19.2 Å². The molecule has 2 unspecified atom stereocenters. The molecule has 12 heavy (non-hydrogen) atoms. The normalized spacial score (nSPS) is 16.0. The average Bonchev–Trinajstić information content (AvgIpc) is 2.05. The Bertz CT molecular complexity index is 95.8. The number of hydrogen-bond acceptors (Lipinski definition) is 2. The number of methoxy groups -OCH3 is 1. The summed E-state index contributed by atoms with van der Waals surface area (Å²) in [7, 11) is 3.78. The van der Waals surface area contributed by atoms with Crippen molar-refractivity contribution in [2.24, 2.45) is 11.8 Å². The summed E-state index contributed by atoms with van der Waals surface area (Å²) in [5, 5.41) is 3.21. The molecule has 2 nitrogen and oxygen atoms in total. The first-order chi connectivity index (χ1) is 5.72. The summed E-state index contributed by atoms with van der Waals surface area (Å²) in [6, 6.07) is 0. The smallest absolute Gasteiger partial charge is 0.0462 e. The molecular formula is C10H23NO. The van der Waals surface area contributed by atoms with Crippen LogP contribution in [0, 0.1) is 11.8 Å². The van der Waals surface area contributed by atoms with Crippen molar-refractivity contribution in [3.8, 4) is 0 Å². The minimum Gasteiger partial charge on any atom is -0.385 e. The van der Waals surface area contributed by atoms with E-state index in [0.29, 0.717) is 0 Å². The number of rotatable bonds is 7. The van der Waals surface area contributed by atoms with Gasteiger partial charge in [-0.05, 0) is 38.3 Å². The van der Waals surface area contributed by atoms with Crippen LogP contribution < -0.4 is 5.32 Å². The molecule has 0 aromatic rings. The Morgan fingerprint density at radius 2 is 1.92 bits per heavy atom. The fourth-order valence-electron chi connectivity index (χ4n) is 1.36. The van der Waals surface area contributed by atoms with Gasteiger partial charge in [0.25, 0.3) is 0 Å². The molecule has 0 spiro atoms. The zero-order chi connectivity index (χ0) is 9.40. The molecule has 0 aliphatic heterocycles. The lowest BCUT2D eigenvalue weighted by Crippen LogP contribution is -2.22. The minimum atomic E-state index is 0.770. The maximum absolute atomic E-state index is 5.02. The largest absolute Gasteiger partial charge is 0.385 e. The number of nitrogens with one attached hydrogen (secondary N) is 1. The molecule has 0 heterocycles. The van der Waals surface area contributed by atoms with Gasteiger partial charge in [0.05, 0.1) is 0 Å². The summed E-state index contributed by atoms with van der Waals surface area (Å²) in [6.07, 6.45) is 2.46. The first-order valence-corrected chi connectivity index (χ1v) is 4.86. The molecule has 0 fully saturated rings. The molecule has 0 saturated carbocycles. The lowest BCUT2D eigenvalue weighted by atomic mass is 9.92. The fraction of sp³-hybridized carbons (Fsp3) is 1.00. The summed E-state index contributed by atoms with van der Waals surface area (Å²) in [5.74, 6) is 1.57. The zero-order valence-corrected chi connectivity index (χ0v) is 8.89. The summed E-state index contributed by atoms with van der Waals surface area (Å²) in [6.45, 7) is 6.64. The molecule has 0 saturated heterocycles. The van der Waals surface area contributed by atoms with Crippen LogP contribution in [0.25, 0.3) is 0 Å². The van der Waals surface area contributed by atoms with E-state index in [4.69, 9.17) is 4.74 Å². The van der Waals surface area contributed by atoms with Crippen molar-refractivity contribution in [1.82, 2.24) is 5.32 Å². The van der Waals surface area contributed by atoms with Gasteiger partial charge in [-0.15, -0.1) is 0 Å². The number of ether oxygens (including phenoxy) is 1. The highest BCUT2D eigenvalue weighted by Gasteiger charge is 2.10. The lowest BCUT2D eigenvalue weighted by molar-refractivity contribution is 0.182. The van der Waals surface area contributed by atoms with Gasteiger partial charge in [-0.25, -0.2) is 0 Å². The second-order valence-electron chi connectivity index (χ2n) is 3.65. The van der Waals surface area contributed by atoms with Crippen molar-refractivity contribution >= 4 is 0 Å². The van der Waals surface area contributed by atoms with Crippen molar-refractivity contribution in [1.29, 1.82) is 0 Å². The van der Waals surface area contributed by atoms with Gasteiger partial charge in [0.1, 0.15) is 0 Å². The maximum atomic E-state index is 5.02. The van der Waals surface area contributed by atoms with Gasteiger partial charge in [-0.2, -0.15) is 0 Å². The zero-order valence-electron chi connectivity index (χ0n) is 8.89. The van der Waals surface area contributed by atoms with E-state index in [1.165, 1.54) is 12.8 Å². The van der Waals surface area contributed by atoms with Crippen LogP contribution in [0.15, 0.2) is 0 Å². The maximum Gasteiger partial charge on any atom is 0.0462 e. The SMILES string of the molecule is CNCC(C)C(C)CCCOC. The molecule has 0 amide bonds. The molecule has 0 radical (unpaired) electrons. The topological polar surface area (TPSA) is 21.3 Å². The predicted octanol–water partition coefficient (Wildman–Crippen LogP) is 1.90. The monoisotopic (exact) mass is 173 g/mol. The van der Waals surface area contributed by atoms with Gasteiger partial charge in [0, 0.05) is 13.7 Å². The fourth-order valence-corrected chi connectivity index (χ4v) is 1.36. The van der Waals surface area contributed by atoms with Gasteiger partial charge < -0.3 is 10.1 Å². The van der Waals surface area contributed by atoms with Crippen LogP contribution in [0.1, 0.15) is 26.7 Å². The van der Waals surface area contributed by atoms with Crippen molar-refractivity contribution < 1.29 is 4.74 Å². The van der Waals surface area contributed by atoms with E-state index in [9.17, 15) is 0 Å². The van der Waals surface area contributed by atoms with Gasteiger partial charge >= 0.3 is 0 Å². The molecular weight excluding hydrogens is 150 g/mol. The van der Waals surface area contributed by atoms with Crippen LogP contribution in [0.5, 0.6) is 0 Å². The second kappa shape index (κ2) is 7.56. The molecule has 2 atom stereocenters.